The number of esters is 1. The minimum absolute atomic E-state index is 0.100. The lowest BCUT2D eigenvalue weighted by Gasteiger charge is -2.44. The fourth-order valence-electron chi connectivity index (χ4n) is 6.48. The van der Waals surface area contributed by atoms with Gasteiger partial charge in [0, 0.05) is 41.7 Å². The summed E-state index contributed by atoms with van der Waals surface area (Å²) in [6.07, 6.45) is -0.606. The van der Waals surface area contributed by atoms with E-state index in [1.807, 2.05) is 0 Å². The van der Waals surface area contributed by atoms with Crippen molar-refractivity contribution in [2.24, 2.45) is 11.8 Å². The minimum atomic E-state index is -4.27. The molecule has 1 amide bonds. The van der Waals surface area contributed by atoms with Gasteiger partial charge < -0.3 is 25.4 Å². The Hall–Kier alpha value is -3.99. The fraction of sp³-hybridized carbons (Fsp3) is 0.500. The van der Waals surface area contributed by atoms with Crippen LogP contribution in [-0.2, 0) is 20.9 Å². The van der Waals surface area contributed by atoms with Crippen LogP contribution in [0.3, 0.4) is 0 Å². The van der Waals surface area contributed by atoms with Crippen molar-refractivity contribution < 1.29 is 37.0 Å². The molecule has 0 spiro atoms. The molecule has 262 valence electrons. The number of carbonyl (C=O) groups is 2. The molecule has 3 aliphatic rings. The maximum absolute atomic E-state index is 14.4. The van der Waals surface area contributed by atoms with Gasteiger partial charge in [0.2, 0.25) is 5.91 Å². The number of benzene rings is 1. The van der Waals surface area contributed by atoms with Crippen LogP contribution < -0.4 is 10.6 Å². The van der Waals surface area contributed by atoms with Gasteiger partial charge in [0.1, 0.15) is 35.6 Å². The number of anilines is 3. The summed E-state index contributed by atoms with van der Waals surface area (Å²) >= 11 is 6.03. The van der Waals surface area contributed by atoms with Crippen molar-refractivity contribution in [3.05, 3.63) is 53.2 Å². The van der Waals surface area contributed by atoms with Crippen molar-refractivity contribution in [2.45, 2.75) is 57.0 Å². The number of nitrogens with one attached hydrogen (secondary N) is 2. The molecule has 1 atom stereocenters. The van der Waals surface area contributed by atoms with Crippen LogP contribution in [0.1, 0.15) is 37.8 Å². The Morgan fingerprint density at radius 1 is 1.00 bits per heavy atom. The Morgan fingerprint density at radius 3 is 2.49 bits per heavy atom. The third kappa shape index (κ3) is 8.79. The topological polar surface area (TPSA) is 146 Å². The Kier molecular flexibility index (Phi) is 10.6. The summed E-state index contributed by atoms with van der Waals surface area (Å²) in [6, 6.07) is 7.30. The number of hydrogen-bond acceptors (Lipinski definition) is 11. The molecule has 6 rings (SSSR count). The molecule has 17 heteroatoms. The van der Waals surface area contributed by atoms with Crippen LogP contribution >= 0.6 is 11.6 Å². The summed E-state index contributed by atoms with van der Waals surface area (Å²) < 4.78 is 58.0. The van der Waals surface area contributed by atoms with Crippen molar-refractivity contribution in [1.82, 2.24) is 30.0 Å². The molecule has 0 bridgehead atoms. The van der Waals surface area contributed by atoms with E-state index in [9.17, 15) is 32.3 Å². The smallest absolute Gasteiger partial charge is 0.401 e. The SMILES string of the molecule is O=C(Nc1cc(Nc2cc(-c3cc(Cl)ccc3F)nnc2CO)ncn1)C1CC(N2CCC(C(=O)O[C@H]3CCN(CC(F)(F)F)C3)CC2)C1. The molecule has 3 fully saturated rings. The lowest BCUT2D eigenvalue weighted by Crippen LogP contribution is -2.51. The number of halogens is 5. The number of rotatable bonds is 10. The lowest BCUT2D eigenvalue weighted by atomic mass is 9.77. The highest BCUT2D eigenvalue weighted by Gasteiger charge is 2.41. The van der Waals surface area contributed by atoms with Gasteiger partial charge in [0.25, 0.3) is 0 Å². The molecule has 3 aromatic rings. The molecule has 1 aromatic carbocycles. The molecular formula is C32H35ClF4N8O4. The van der Waals surface area contributed by atoms with E-state index in [4.69, 9.17) is 16.3 Å². The molecule has 1 aliphatic carbocycles. The molecule has 4 heterocycles. The quantitative estimate of drug-likeness (QED) is 0.201. The number of aliphatic hydroxyl groups is 1. The second-order valence-corrected chi connectivity index (χ2v) is 13.0. The predicted octanol–water partition coefficient (Wildman–Crippen LogP) is 4.57. The maximum Gasteiger partial charge on any atom is 0.401 e. The monoisotopic (exact) mass is 706 g/mol. The second-order valence-electron chi connectivity index (χ2n) is 12.6. The van der Waals surface area contributed by atoms with Crippen LogP contribution in [0.25, 0.3) is 11.3 Å². The van der Waals surface area contributed by atoms with Gasteiger partial charge in [-0.3, -0.25) is 14.5 Å². The predicted molar refractivity (Wildman–Crippen MR) is 170 cm³/mol. The number of aromatic nitrogens is 4. The van der Waals surface area contributed by atoms with Gasteiger partial charge in [-0.15, -0.1) is 5.10 Å². The van der Waals surface area contributed by atoms with Crippen LogP contribution in [-0.4, -0.2) is 98.0 Å². The van der Waals surface area contributed by atoms with Gasteiger partial charge >= 0.3 is 12.1 Å². The minimum Gasteiger partial charge on any atom is -0.461 e. The van der Waals surface area contributed by atoms with E-state index in [0.717, 1.165) is 0 Å². The van der Waals surface area contributed by atoms with E-state index >= 15 is 0 Å². The van der Waals surface area contributed by atoms with Crippen molar-refractivity contribution in [3.8, 4) is 11.3 Å². The zero-order chi connectivity index (χ0) is 34.7. The summed E-state index contributed by atoms with van der Waals surface area (Å²) in [7, 11) is 0. The largest absolute Gasteiger partial charge is 0.461 e. The first-order chi connectivity index (χ1) is 23.4. The number of carbonyl (C=O) groups excluding carboxylic acids is 2. The first kappa shape index (κ1) is 34.9. The number of alkyl halides is 3. The Balaban J connectivity index is 0.964. The van der Waals surface area contributed by atoms with Crippen molar-refractivity contribution in [1.29, 1.82) is 0 Å². The Bertz CT molecular complexity index is 1670. The van der Waals surface area contributed by atoms with Gasteiger partial charge in [-0.2, -0.15) is 18.3 Å². The van der Waals surface area contributed by atoms with Crippen LogP contribution in [0.4, 0.5) is 34.9 Å². The van der Waals surface area contributed by atoms with Gasteiger partial charge in [0.15, 0.2) is 0 Å². The van der Waals surface area contributed by atoms with Gasteiger partial charge in [0.05, 0.1) is 30.5 Å². The summed E-state index contributed by atoms with van der Waals surface area (Å²) in [4.78, 5) is 37.6. The average Bonchev–Trinajstić information content (AvgIpc) is 3.46. The van der Waals surface area contributed by atoms with Crippen LogP contribution in [0.2, 0.25) is 5.02 Å². The van der Waals surface area contributed by atoms with Crippen molar-refractivity contribution >= 4 is 40.8 Å². The normalized spacial score (nSPS) is 22.0. The zero-order valence-corrected chi connectivity index (χ0v) is 27.1. The molecule has 1 saturated carbocycles. The van der Waals surface area contributed by atoms with E-state index in [0.29, 0.717) is 61.7 Å². The molecule has 2 aliphatic heterocycles. The van der Waals surface area contributed by atoms with Gasteiger partial charge in [-0.05, 0) is 69.5 Å². The number of piperidine rings is 1. The summed E-state index contributed by atoms with van der Waals surface area (Å²) in [6.45, 7) is 0.270. The Labute approximate surface area is 284 Å². The van der Waals surface area contributed by atoms with Crippen LogP contribution in [0.5, 0.6) is 0 Å². The van der Waals surface area contributed by atoms with Gasteiger partial charge in [-0.1, -0.05) is 11.6 Å². The van der Waals surface area contributed by atoms with E-state index in [2.05, 4.69) is 35.7 Å². The first-order valence-corrected chi connectivity index (χ1v) is 16.4. The van der Waals surface area contributed by atoms with Crippen LogP contribution in [0, 0.1) is 17.7 Å². The highest BCUT2D eigenvalue weighted by atomic mass is 35.5. The van der Waals surface area contributed by atoms with Crippen LogP contribution in [0.15, 0.2) is 36.7 Å². The Morgan fingerprint density at radius 2 is 1.76 bits per heavy atom. The third-order valence-electron chi connectivity index (χ3n) is 9.18. The molecule has 49 heavy (non-hydrogen) atoms. The summed E-state index contributed by atoms with van der Waals surface area (Å²) in [5.74, 6) is -1.01. The lowest BCUT2D eigenvalue weighted by molar-refractivity contribution is -0.156. The van der Waals surface area contributed by atoms with Crippen molar-refractivity contribution in [2.75, 3.05) is 43.4 Å². The number of amides is 1. The molecule has 0 radical (unpaired) electrons. The number of ether oxygens (including phenoxy) is 1. The first-order valence-electron chi connectivity index (χ1n) is 16.0. The molecule has 0 unspecified atom stereocenters. The molecule has 2 saturated heterocycles. The standard InChI is InChI=1S/C32H35ClF4N8O4/c33-20-1-2-24(34)23(11-20)25-12-26(27(15-46)43-42-25)40-28-13-29(39-17-38-28)41-30(47)19-9-21(10-19)45-7-3-18(4-8-45)31(48)49-22-5-6-44(14-22)16-32(35,36)37/h1-2,11-13,17-19,21-22,46H,3-10,14-16H2,(H2,38,39,40,41,42,47)/t19?,21?,22-/m0/s1. The van der Waals surface area contributed by atoms with Crippen molar-refractivity contribution in [3.63, 3.8) is 0 Å². The summed E-state index contributed by atoms with van der Waals surface area (Å²) in [5.41, 5.74) is 0.847. The number of hydrogen-bond donors (Lipinski definition) is 3. The highest BCUT2D eigenvalue weighted by Crippen LogP contribution is 2.36. The zero-order valence-electron chi connectivity index (χ0n) is 26.3. The molecule has 12 nitrogen and oxygen atoms in total. The highest BCUT2D eigenvalue weighted by molar-refractivity contribution is 6.30. The molecule has 3 N–H and O–H groups in total. The van der Waals surface area contributed by atoms with E-state index in [-0.39, 0.29) is 65.6 Å². The molecular weight excluding hydrogens is 672 g/mol. The molecule has 2 aromatic heterocycles. The fourth-order valence-corrected chi connectivity index (χ4v) is 6.65. The summed E-state index contributed by atoms with van der Waals surface area (Å²) in [5, 5.41) is 24.0. The van der Waals surface area contributed by atoms with E-state index in [1.54, 1.807) is 0 Å². The average molecular weight is 707 g/mol. The van der Waals surface area contributed by atoms with Gasteiger partial charge in [-0.25, -0.2) is 14.4 Å². The second kappa shape index (κ2) is 14.9. The maximum atomic E-state index is 14.4. The number of nitrogens with zero attached hydrogens (tertiary/aromatic N) is 6. The third-order valence-corrected chi connectivity index (χ3v) is 9.42. The van der Waals surface area contributed by atoms with E-state index in [1.165, 1.54) is 41.6 Å². The van der Waals surface area contributed by atoms with E-state index < -0.39 is 31.2 Å². The number of aliphatic hydroxyl groups excluding tert-OH is 1. The number of likely N-dealkylation sites (tertiary alicyclic amines) is 2.